The largest absolute Gasteiger partial charge is 0.492 e. The summed E-state index contributed by atoms with van der Waals surface area (Å²) in [6, 6.07) is 13.9. The summed E-state index contributed by atoms with van der Waals surface area (Å²) < 4.78 is 53.2. The Bertz CT molecular complexity index is 1490. The Hall–Kier alpha value is -3.28. The second kappa shape index (κ2) is 10.6. The van der Waals surface area contributed by atoms with Crippen molar-refractivity contribution in [3.8, 4) is 5.75 Å². The molecule has 0 bridgehead atoms. The maximum absolute atomic E-state index is 13.9. The first-order valence-electron chi connectivity index (χ1n) is 12.0. The zero-order chi connectivity index (χ0) is 26.0. The number of anilines is 1. The van der Waals surface area contributed by atoms with Gasteiger partial charge in [0.1, 0.15) is 22.8 Å². The molecule has 194 valence electrons. The number of ether oxygens (including phenoxy) is 1. The highest BCUT2D eigenvalue weighted by Crippen LogP contribution is 2.36. The number of amides is 1. The molecule has 0 N–H and O–H groups in total. The number of halogens is 1. The molecule has 2 aromatic carbocycles. The van der Waals surface area contributed by atoms with Crippen LogP contribution in [0.25, 0.3) is 10.2 Å². The topological polar surface area (TPSA) is 93.0 Å². The number of hydrogen-bond donors (Lipinski definition) is 0. The van der Waals surface area contributed by atoms with E-state index >= 15 is 0 Å². The number of nitrogens with zero attached hydrogens (tertiary/aromatic N) is 3. The van der Waals surface area contributed by atoms with Crippen molar-refractivity contribution < 1.29 is 26.8 Å². The third kappa shape index (κ3) is 5.25. The Morgan fingerprint density at radius 3 is 2.76 bits per heavy atom. The van der Waals surface area contributed by atoms with Gasteiger partial charge >= 0.3 is 0 Å². The minimum absolute atomic E-state index is 0.00377. The van der Waals surface area contributed by atoms with Gasteiger partial charge in [0.25, 0.3) is 0 Å². The van der Waals surface area contributed by atoms with Crippen molar-refractivity contribution in [3.05, 3.63) is 72.4 Å². The molecular formula is C26H26FN3O5S2. The number of sulfonamides is 1. The van der Waals surface area contributed by atoms with Gasteiger partial charge in [0.2, 0.25) is 15.9 Å². The molecule has 1 unspecified atom stereocenters. The van der Waals surface area contributed by atoms with Crippen LogP contribution in [-0.2, 0) is 21.4 Å². The van der Waals surface area contributed by atoms with Crippen LogP contribution in [0.4, 0.5) is 9.52 Å². The Morgan fingerprint density at radius 1 is 1.22 bits per heavy atom. The van der Waals surface area contributed by atoms with Crippen molar-refractivity contribution in [1.29, 1.82) is 0 Å². The molecule has 11 heteroatoms. The van der Waals surface area contributed by atoms with Crippen LogP contribution < -0.4 is 9.64 Å². The average molecular weight is 544 g/mol. The SMILES string of the molecule is CCOc1cccc2sc(N(Cc3ccco3)C(=O)C3CCCN(S(=O)(=O)c4ccc(F)cc4)C3)nc12. The zero-order valence-corrected chi connectivity index (χ0v) is 21.8. The molecule has 4 aromatic rings. The van der Waals surface area contributed by atoms with Crippen molar-refractivity contribution in [2.45, 2.75) is 31.2 Å². The van der Waals surface area contributed by atoms with E-state index in [2.05, 4.69) is 0 Å². The Balaban J connectivity index is 1.45. The van der Waals surface area contributed by atoms with E-state index < -0.39 is 21.8 Å². The maximum atomic E-state index is 13.9. The third-order valence-corrected chi connectivity index (χ3v) is 9.17. The molecule has 1 aliphatic heterocycles. The summed E-state index contributed by atoms with van der Waals surface area (Å²) in [5.41, 5.74) is 0.672. The molecule has 1 aliphatic rings. The van der Waals surface area contributed by atoms with Crippen LogP contribution in [-0.4, -0.2) is 43.3 Å². The summed E-state index contributed by atoms with van der Waals surface area (Å²) in [6.07, 6.45) is 2.61. The van der Waals surface area contributed by atoms with E-state index in [1.807, 2.05) is 25.1 Å². The van der Waals surface area contributed by atoms with Crippen LogP contribution in [0.15, 0.2) is 70.2 Å². The van der Waals surface area contributed by atoms with Crippen LogP contribution >= 0.6 is 11.3 Å². The lowest BCUT2D eigenvalue weighted by Gasteiger charge is -2.33. The number of fused-ring (bicyclic) bond motifs is 1. The number of furan rings is 1. The quantitative estimate of drug-likeness (QED) is 0.308. The second-order valence-electron chi connectivity index (χ2n) is 8.69. The van der Waals surface area contributed by atoms with Gasteiger partial charge in [0, 0.05) is 13.1 Å². The second-order valence-corrected chi connectivity index (χ2v) is 11.6. The molecule has 2 aromatic heterocycles. The first kappa shape index (κ1) is 25.4. The van der Waals surface area contributed by atoms with Gasteiger partial charge in [-0.1, -0.05) is 17.4 Å². The predicted molar refractivity (Wildman–Crippen MR) is 139 cm³/mol. The van der Waals surface area contributed by atoms with Gasteiger partial charge in [-0.15, -0.1) is 0 Å². The molecule has 3 heterocycles. The lowest BCUT2D eigenvalue weighted by molar-refractivity contribution is -0.123. The molecule has 1 fully saturated rings. The summed E-state index contributed by atoms with van der Waals surface area (Å²) in [6.45, 7) is 2.87. The fraction of sp³-hybridized carbons (Fsp3) is 0.308. The summed E-state index contributed by atoms with van der Waals surface area (Å²) >= 11 is 1.37. The number of carbonyl (C=O) groups excluding carboxylic acids is 1. The van der Waals surface area contributed by atoms with Gasteiger partial charge in [-0.05, 0) is 68.3 Å². The normalized spacial score (nSPS) is 16.6. The fourth-order valence-corrected chi connectivity index (χ4v) is 6.95. The number of benzene rings is 2. The van der Waals surface area contributed by atoms with Crippen molar-refractivity contribution in [1.82, 2.24) is 9.29 Å². The zero-order valence-electron chi connectivity index (χ0n) is 20.2. The van der Waals surface area contributed by atoms with Crippen LogP contribution in [0.2, 0.25) is 0 Å². The van der Waals surface area contributed by atoms with Crippen molar-refractivity contribution >= 4 is 42.6 Å². The van der Waals surface area contributed by atoms with E-state index in [4.69, 9.17) is 14.1 Å². The van der Waals surface area contributed by atoms with E-state index in [1.165, 1.54) is 27.8 Å². The molecule has 5 rings (SSSR count). The van der Waals surface area contributed by atoms with Gasteiger partial charge in [-0.25, -0.2) is 17.8 Å². The third-order valence-electron chi connectivity index (χ3n) is 6.25. The fourth-order valence-electron chi connectivity index (χ4n) is 4.44. The van der Waals surface area contributed by atoms with Crippen molar-refractivity contribution in [2.24, 2.45) is 5.92 Å². The summed E-state index contributed by atoms with van der Waals surface area (Å²) in [7, 11) is -3.87. The van der Waals surface area contributed by atoms with E-state index in [9.17, 15) is 17.6 Å². The maximum Gasteiger partial charge on any atom is 0.243 e. The molecule has 37 heavy (non-hydrogen) atoms. The molecule has 1 amide bonds. The number of para-hydroxylation sites is 1. The molecule has 1 atom stereocenters. The first-order chi connectivity index (χ1) is 17.9. The highest BCUT2D eigenvalue weighted by atomic mass is 32.2. The smallest absolute Gasteiger partial charge is 0.243 e. The van der Waals surface area contributed by atoms with E-state index in [-0.39, 0.29) is 23.9 Å². The van der Waals surface area contributed by atoms with Gasteiger partial charge in [-0.3, -0.25) is 9.69 Å². The summed E-state index contributed by atoms with van der Waals surface area (Å²) in [4.78, 5) is 20.2. The molecule has 0 aliphatic carbocycles. The van der Waals surface area contributed by atoms with Gasteiger partial charge in [-0.2, -0.15) is 4.31 Å². The van der Waals surface area contributed by atoms with Crippen LogP contribution in [0.1, 0.15) is 25.5 Å². The highest BCUT2D eigenvalue weighted by molar-refractivity contribution is 7.89. The Kier molecular flexibility index (Phi) is 7.27. The molecule has 0 saturated carbocycles. The van der Waals surface area contributed by atoms with Gasteiger partial charge in [0.15, 0.2) is 5.13 Å². The number of carbonyl (C=O) groups is 1. The van der Waals surface area contributed by atoms with E-state index in [1.54, 1.807) is 23.3 Å². The monoisotopic (exact) mass is 543 g/mol. The van der Waals surface area contributed by atoms with Crippen molar-refractivity contribution in [2.75, 3.05) is 24.6 Å². The summed E-state index contributed by atoms with van der Waals surface area (Å²) in [5, 5.41) is 0.488. The molecule has 0 spiro atoms. The lowest BCUT2D eigenvalue weighted by atomic mass is 9.98. The highest BCUT2D eigenvalue weighted by Gasteiger charge is 2.36. The van der Waals surface area contributed by atoms with E-state index in [0.717, 1.165) is 16.8 Å². The van der Waals surface area contributed by atoms with Gasteiger partial charge < -0.3 is 9.15 Å². The Morgan fingerprint density at radius 2 is 2.03 bits per heavy atom. The van der Waals surface area contributed by atoms with Gasteiger partial charge in [0.05, 0.1) is 34.9 Å². The predicted octanol–water partition coefficient (Wildman–Crippen LogP) is 5.06. The molecular weight excluding hydrogens is 517 g/mol. The minimum Gasteiger partial charge on any atom is -0.492 e. The number of aromatic nitrogens is 1. The van der Waals surface area contributed by atoms with Crippen LogP contribution in [0, 0.1) is 11.7 Å². The van der Waals surface area contributed by atoms with Crippen LogP contribution in [0.3, 0.4) is 0 Å². The Labute approximate surface area is 218 Å². The van der Waals surface area contributed by atoms with E-state index in [0.29, 0.717) is 48.2 Å². The summed E-state index contributed by atoms with van der Waals surface area (Å²) in [5.74, 6) is -0.0846. The van der Waals surface area contributed by atoms with Crippen LogP contribution in [0.5, 0.6) is 5.75 Å². The lowest BCUT2D eigenvalue weighted by Crippen LogP contribution is -2.46. The first-order valence-corrected chi connectivity index (χ1v) is 14.2. The standard InChI is InChI=1S/C26H26FN3O5S2/c1-2-34-22-8-3-9-23-24(22)28-26(36-23)30(17-20-7-5-15-35-20)25(31)18-6-4-14-29(16-18)37(32,33)21-12-10-19(27)11-13-21/h3,5,7-13,15,18H,2,4,6,14,16-17H2,1H3. The average Bonchev–Trinajstić information content (AvgIpc) is 3.58. The van der Waals surface area contributed by atoms with Crippen molar-refractivity contribution in [3.63, 3.8) is 0 Å². The molecule has 8 nitrogen and oxygen atoms in total. The number of piperidine rings is 1. The number of rotatable bonds is 8. The number of thiazole rings is 1. The number of hydrogen-bond acceptors (Lipinski definition) is 7. The molecule has 1 saturated heterocycles. The molecule has 0 radical (unpaired) electrons. The minimum atomic E-state index is -3.87.